The molecule has 1 aliphatic rings. The molecule has 7 nitrogen and oxygen atoms in total. The van der Waals surface area contributed by atoms with E-state index >= 15 is 0 Å². The maximum atomic E-state index is 12.8. The van der Waals surface area contributed by atoms with Gasteiger partial charge in [-0.3, -0.25) is 14.6 Å². The molecule has 0 bridgehead atoms. The van der Waals surface area contributed by atoms with Crippen LogP contribution in [0.3, 0.4) is 0 Å². The van der Waals surface area contributed by atoms with Crippen molar-refractivity contribution >= 4 is 10.0 Å². The van der Waals surface area contributed by atoms with E-state index in [4.69, 9.17) is 0 Å². The fourth-order valence-corrected chi connectivity index (χ4v) is 4.50. The molecular weight excluding hydrogens is 302 g/mol. The van der Waals surface area contributed by atoms with E-state index in [-0.39, 0.29) is 10.8 Å². The largest absolute Gasteiger partial charge is 0.272 e. The highest BCUT2D eigenvalue weighted by molar-refractivity contribution is 7.89. The molecule has 0 saturated carbocycles. The zero-order valence-electron chi connectivity index (χ0n) is 12.7. The Balaban J connectivity index is 1.87. The van der Waals surface area contributed by atoms with Gasteiger partial charge in [-0.15, -0.1) is 0 Å². The first-order chi connectivity index (χ1) is 10.5. The Morgan fingerprint density at radius 1 is 1.27 bits per heavy atom. The van der Waals surface area contributed by atoms with E-state index in [9.17, 15) is 8.42 Å². The SMILES string of the molecule is Cc1c(S(=O)(=O)N2CCC[C@H](c3cnccn3)C2)cnn1C. The van der Waals surface area contributed by atoms with Crippen LogP contribution in [0, 0.1) is 6.92 Å². The van der Waals surface area contributed by atoms with Crippen LogP contribution in [0.15, 0.2) is 29.7 Å². The first-order valence-corrected chi connectivity index (χ1v) is 8.69. The Bertz CT molecular complexity index is 757. The van der Waals surface area contributed by atoms with Crippen molar-refractivity contribution in [3.05, 3.63) is 36.2 Å². The first-order valence-electron chi connectivity index (χ1n) is 7.25. The van der Waals surface area contributed by atoms with Crippen molar-refractivity contribution in [3.63, 3.8) is 0 Å². The van der Waals surface area contributed by atoms with Crippen molar-refractivity contribution in [2.75, 3.05) is 13.1 Å². The minimum Gasteiger partial charge on any atom is -0.272 e. The van der Waals surface area contributed by atoms with Crippen LogP contribution in [0.5, 0.6) is 0 Å². The number of aromatic nitrogens is 4. The van der Waals surface area contributed by atoms with Crippen molar-refractivity contribution in [2.45, 2.75) is 30.6 Å². The van der Waals surface area contributed by atoms with Crippen LogP contribution >= 0.6 is 0 Å². The molecule has 3 rings (SSSR count). The van der Waals surface area contributed by atoms with Gasteiger partial charge in [0.25, 0.3) is 0 Å². The molecule has 0 N–H and O–H groups in total. The van der Waals surface area contributed by atoms with Crippen LogP contribution in [0.25, 0.3) is 0 Å². The maximum Gasteiger partial charge on any atom is 0.246 e. The molecular formula is C14H19N5O2S. The molecule has 0 aromatic carbocycles. The van der Waals surface area contributed by atoms with Crippen molar-refractivity contribution in [2.24, 2.45) is 7.05 Å². The quantitative estimate of drug-likeness (QED) is 0.845. The summed E-state index contributed by atoms with van der Waals surface area (Å²) < 4.78 is 28.8. The number of hydrogen-bond acceptors (Lipinski definition) is 5. The van der Waals surface area contributed by atoms with Crippen LogP contribution in [0.1, 0.15) is 30.1 Å². The van der Waals surface area contributed by atoms with E-state index in [0.29, 0.717) is 18.8 Å². The van der Waals surface area contributed by atoms with E-state index in [1.54, 1.807) is 41.5 Å². The Hall–Kier alpha value is -1.80. The van der Waals surface area contributed by atoms with Crippen LogP contribution < -0.4 is 0 Å². The van der Waals surface area contributed by atoms with Crippen LogP contribution in [-0.2, 0) is 17.1 Å². The number of hydrogen-bond donors (Lipinski definition) is 0. The average molecular weight is 321 g/mol. The lowest BCUT2D eigenvalue weighted by Gasteiger charge is -2.31. The molecule has 3 heterocycles. The number of nitrogens with zero attached hydrogens (tertiary/aromatic N) is 5. The third kappa shape index (κ3) is 2.64. The second-order valence-corrected chi connectivity index (χ2v) is 7.46. The van der Waals surface area contributed by atoms with Crippen molar-refractivity contribution in [1.29, 1.82) is 0 Å². The lowest BCUT2D eigenvalue weighted by atomic mass is 9.96. The summed E-state index contributed by atoms with van der Waals surface area (Å²) in [6.07, 6.45) is 8.16. The van der Waals surface area contributed by atoms with Gasteiger partial charge >= 0.3 is 0 Å². The molecule has 1 aliphatic heterocycles. The lowest BCUT2D eigenvalue weighted by Crippen LogP contribution is -2.39. The van der Waals surface area contributed by atoms with E-state index in [1.807, 2.05) is 0 Å². The molecule has 0 aliphatic carbocycles. The maximum absolute atomic E-state index is 12.8. The molecule has 0 amide bonds. The Morgan fingerprint density at radius 3 is 2.73 bits per heavy atom. The van der Waals surface area contributed by atoms with Gasteiger partial charge in [-0.1, -0.05) is 0 Å². The van der Waals surface area contributed by atoms with E-state index in [1.165, 1.54) is 6.20 Å². The van der Waals surface area contributed by atoms with E-state index < -0.39 is 10.0 Å². The minimum atomic E-state index is -3.51. The highest BCUT2D eigenvalue weighted by Crippen LogP contribution is 2.29. The molecule has 2 aromatic rings. The Kier molecular flexibility index (Phi) is 3.96. The van der Waals surface area contributed by atoms with Gasteiger partial charge in [0.2, 0.25) is 10.0 Å². The molecule has 1 fully saturated rings. The van der Waals surface area contributed by atoms with Gasteiger partial charge in [0.1, 0.15) is 4.90 Å². The molecule has 2 aromatic heterocycles. The van der Waals surface area contributed by atoms with Crippen LogP contribution in [0.4, 0.5) is 0 Å². The molecule has 1 saturated heterocycles. The van der Waals surface area contributed by atoms with Gasteiger partial charge < -0.3 is 0 Å². The number of piperidine rings is 1. The third-order valence-electron chi connectivity index (χ3n) is 4.19. The van der Waals surface area contributed by atoms with Gasteiger partial charge in [0, 0.05) is 44.6 Å². The monoisotopic (exact) mass is 321 g/mol. The zero-order chi connectivity index (χ0) is 15.7. The summed E-state index contributed by atoms with van der Waals surface area (Å²) in [6, 6.07) is 0. The van der Waals surface area contributed by atoms with Gasteiger partial charge in [-0.05, 0) is 19.8 Å². The van der Waals surface area contributed by atoms with Gasteiger partial charge in [0.05, 0.1) is 17.6 Å². The summed E-state index contributed by atoms with van der Waals surface area (Å²) in [5.74, 6) is 0.0919. The summed E-state index contributed by atoms with van der Waals surface area (Å²) in [5, 5.41) is 4.04. The Morgan fingerprint density at radius 2 is 2.09 bits per heavy atom. The van der Waals surface area contributed by atoms with Crippen molar-refractivity contribution in [1.82, 2.24) is 24.1 Å². The average Bonchev–Trinajstić information content (AvgIpc) is 2.88. The van der Waals surface area contributed by atoms with E-state index in [2.05, 4.69) is 15.1 Å². The summed E-state index contributed by atoms with van der Waals surface area (Å²) in [7, 11) is -1.77. The van der Waals surface area contributed by atoms with E-state index in [0.717, 1.165) is 18.5 Å². The summed E-state index contributed by atoms with van der Waals surface area (Å²) >= 11 is 0. The van der Waals surface area contributed by atoms with Gasteiger partial charge in [-0.2, -0.15) is 9.40 Å². The van der Waals surface area contributed by atoms with Crippen LogP contribution in [-0.4, -0.2) is 45.6 Å². The topological polar surface area (TPSA) is 81.0 Å². The molecule has 22 heavy (non-hydrogen) atoms. The molecule has 1 atom stereocenters. The summed E-state index contributed by atoms with van der Waals surface area (Å²) in [5.41, 5.74) is 1.51. The molecule has 8 heteroatoms. The molecule has 0 unspecified atom stereocenters. The third-order valence-corrected chi connectivity index (χ3v) is 6.16. The summed E-state index contributed by atoms with van der Waals surface area (Å²) in [4.78, 5) is 8.68. The van der Waals surface area contributed by atoms with Gasteiger partial charge in [-0.25, -0.2) is 8.42 Å². The van der Waals surface area contributed by atoms with Crippen molar-refractivity contribution in [3.8, 4) is 0 Å². The number of rotatable bonds is 3. The smallest absolute Gasteiger partial charge is 0.246 e. The first kappa shape index (κ1) is 15.1. The molecule has 118 valence electrons. The highest BCUT2D eigenvalue weighted by atomic mass is 32.2. The normalized spacial score (nSPS) is 20.2. The predicted octanol–water partition coefficient (Wildman–Crippen LogP) is 1.09. The fourth-order valence-electron chi connectivity index (χ4n) is 2.79. The predicted molar refractivity (Wildman–Crippen MR) is 80.7 cm³/mol. The molecule has 0 radical (unpaired) electrons. The Labute approximate surface area is 130 Å². The number of sulfonamides is 1. The second kappa shape index (κ2) is 5.77. The van der Waals surface area contributed by atoms with Crippen molar-refractivity contribution < 1.29 is 8.42 Å². The van der Waals surface area contributed by atoms with Crippen LogP contribution in [0.2, 0.25) is 0 Å². The van der Waals surface area contributed by atoms with Gasteiger partial charge in [0.15, 0.2) is 0 Å². The number of aryl methyl sites for hydroxylation is 1. The summed E-state index contributed by atoms with van der Waals surface area (Å²) in [6.45, 7) is 2.74. The second-order valence-electron chi connectivity index (χ2n) is 5.55. The zero-order valence-corrected chi connectivity index (χ0v) is 13.5. The lowest BCUT2D eigenvalue weighted by molar-refractivity contribution is 0.312. The fraction of sp³-hybridized carbons (Fsp3) is 0.500. The highest BCUT2D eigenvalue weighted by Gasteiger charge is 2.33. The standard InChI is InChI=1S/C14H19N5O2S/c1-11-14(9-17-18(11)2)22(20,21)19-7-3-4-12(10-19)13-8-15-5-6-16-13/h5-6,8-9,12H,3-4,7,10H2,1-2H3/t12-/m0/s1. The minimum absolute atomic E-state index is 0.0919. The molecule has 0 spiro atoms.